The minimum absolute atomic E-state index is 0.110. The third-order valence-electron chi connectivity index (χ3n) is 4.67. The molecular formula is C25H25NO4. The Morgan fingerprint density at radius 2 is 1.70 bits per heavy atom. The van der Waals surface area contributed by atoms with Crippen molar-refractivity contribution in [2.45, 2.75) is 20.5 Å². The largest absolute Gasteiger partial charge is 0.493 e. The molecule has 0 spiro atoms. The molecule has 0 radical (unpaired) electrons. The molecule has 0 unspecified atom stereocenters. The fourth-order valence-electron chi connectivity index (χ4n) is 3.19. The van der Waals surface area contributed by atoms with Gasteiger partial charge in [-0.1, -0.05) is 12.1 Å². The number of hydrogen-bond donors (Lipinski definition) is 0. The van der Waals surface area contributed by atoms with Crippen LogP contribution in [0.2, 0.25) is 0 Å². The number of methoxy groups -OCH3 is 2. The molecule has 1 heterocycles. The van der Waals surface area contributed by atoms with Gasteiger partial charge in [-0.25, -0.2) is 0 Å². The van der Waals surface area contributed by atoms with Crippen LogP contribution in [-0.2, 0) is 6.61 Å². The Kier molecular flexibility index (Phi) is 6.86. The van der Waals surface area contributed by atoms with Crippen molar-refractivity contribution in [1.82, 2.24) is 4.98 Å². The number of pyridine rings is 1. The van der Waals surface area contributed by atoms with Crippen LogP contribution in [0, 0.1) is 13.8 Å². The first-order valence-electron chi connectivity index (χ1n) is 9.60. The molecule has 0 saturated heterocycles. The molecule has 5 nitrogen and oxygen atoms in total. The van der Waals surface area contributed by atoms with E-state index in [2.05, 4.69) is 4.98 Å². The lowest BCUT2D eigenvalue weighted by Gasteiger charge is -2.13. The zero-order valence-corrected chi connectivity index (χ0v) is 17.6. The first-order valence-corrected chi connectivity index (χ1v) is 9.60. The van der Waals surface area contributed by atoms with Crippen LogP contribution in [0.5, 0.6) is 17.2 Å². The van der Waals surface area contributed by atoms with Gasteiger partial charge in [-0.3, -0.25) is 9.78 Å². The highest BCUT2D eigenvalue weighted by atomic mass is 16.5. The molecule has 3 aromatic rings. The minimum Gasteiger partial charge on any atom is -0.493 e. The van der Waals surface area contributed by atoms with E-state index < -0.39 is 0 Å². The Bertz CT molecular complexity index is 1030. The quantitative estimate of drug-likeness (QED) is 0.383. The highest BCUT2D eigenvalue weighted by Crippen LogP contribution is 2.28. The number of rotatable bonds is 8. The summed E-state index contributed by atoms with van der Waals surface area (Å²) in [7, 11) is 3.11. The van der Waals surface area contributed by atoms with Gasteiger partial charge in [-0.2, -0.15) is 0 Å². The van der Waals surface area contributed by atoms with Crippen molar-refractivity contribution in [1.29, 1.82) is 0 Å². The Morgan fingerprint density at radius 1 is 0.967 bits per heavy atom. The molecule has 0 atom stereocenters. The zero-order chi connectivity index (χ0) is 21.5. The van der Waals surface area contributed by atoms with Crippen LogP contribution in [0.3, 0.4) is 0 Å². The lowest BCUT2D eigenvalue weighted by Crippen LogP contribution is -2.01. The maximum absolute atomic E-state index is 12.6. The van der Waals surface area contributed by atoms with Crippen molar-refractivity contribution < 1.29 is 19.0 Å². The van der Waals surface area contributed by atoms with Gasteiger partial charge in [0.2, 0.25) is 0 Å². The van der Waals surface area contributed by atoms with E-state index in [-0.39, 0.29) is 5.78 Å². The third kappa shape index (κ3) is 5.06. The van der Waals surface area contributed by atoms with Crippen LogP contribution in [0.25, 0.3) is 6.08 Å². The van der Waals surface area contributed by atoms with Gasteiger partial charge >= 0.3 is 0 Å². The molecule has 1 aromatic heterocycles. The molecule has 154 valence electrons. The number of carbonyl (C=O) groups is 1. The highest BCUT2D eigenvalue weighted by Gasteiger charge is 2.10. The Morgan fingerprint density at radius 3 is 2.33 bits per heavy atom. The summed E-state index contributed by atoms with van der Waals surface area (Å²) in [4.78, 5) is 16.8. The van der Waals surface area contributed by atoms with E-state index >= 15 is 0 Å². The molecule has 2 aromatic carbocycles. The van der Waals surface area contributed by atoms with Crippen molar-refractivity contribution in [3.8, 4) is 17.2 Å². The molecule has 0 bridgehead atoms. The molecule has 0 amide bonds. The molecule has 0 saturated carbocycles. The zero-order valence-electron chi connectivity index (χ0n) is 17.6. The van der Waals surface area contributed by atoms with Gasteiger partial charge in [-0.05, 0) is 79.1 Å². The second kappa shape index (κ2) is 9.74. The van der Waals surface area contributed by atoms with Crippen LogP contribution >= 0.6 is 0 Å². The Labute approximate surface area is 176 Å². The van der Waals surface area contributed by atoms with Crippen molar-refractivity contribution in [2.24, 2.45) is 0 Å². The van der Waals surface area contributed by atoms with Gasteiger partial charge in [0.15, 0.2) is 17.3 Å². The fourth-order valence-corrected chi connectivity index (χ4v) is 3.19. The van der Waals surface area contributed by atoms with Crippen molar-refractivity contribution >= 4 is 11.9 Å². The number of ether oxygens (including phenoxy) is 3. The molecular weight excluding hydrogens is 378 g/mol. The lowest BCUT2D eigenvalue weighted by atomic mass is 10.0. The van der Waals surface area contributed by atoms with E-state index in [0.29, 0.717) is 23.7 Å². The molecule has 0 aliphatic carbocycles. The van der Waals surface area contributed by atoms with Gasteiger partial charge in [0.25, 0.3) is 0 Å². The molecule has 0 N–H and O–H groups in total. The van der Waals surface area contributed by atoms with Crippen LogP contribution in [0.4, 0.5) is 0 Å². The van der Waals surface area contributed by atoms with Gasteiger partial charge < -0.3 is 14.2 Å². The van der Waals surface area contributed by atoms with Crippen LogP contribution < -0.4 is 14.2 Å². The number of aromatic nitrogens is 1. The van der Waals surface area contributed by atoms with E-state index in [1.165, 1.54) is 0 Å². The minimum atomic E-state index is -0.110. The number of aryl methyl sites for hydroxylation is 2. The first kappa shape index (κ1) is 21.1. The molecule has 30 heavy (non-hydrogen) atoms. The topological polar surface area (TPSA) is 57.7 Å². The van der Waals surface area contributed by atoms with E-state index in [4.69, 9.17) is 14.2 Å². The number of carbonyl (C=O) groups excluding carboxylic acids is 1. The summed E-state index contributed by atoms with van der Waals surface area (Å²) in [6, 6.07) is 14.9. The van der Waals surface area contributed by atoms with Gasteiger partial charge in [-0.15, -0.1) is 0 Å². The Hall–Kier alpha value is -3.60. The van der Waals surface area contributed by atoms with E-state index in [0.717, 1.165) is 28.1 Å². The number of hydrogen-bond acceptors (Lipinski definition) is 5. The summed E-state index contributed by atoms with van der Waals surface area (Å²) in [5, 5.41) is 0. The van der Waals surface area contributed by atoms with Crippen molar-refractivity contribution in [3.63, 3.8) is 0 Å². The lowest BCUT2D eigenvalue weighted by molar-refractivity contribution is 0.104. The summed E-state index contributed by atoms with van der Waals surface area (Å²) >= 11 is 0. The van der Waals surface area contributed by atoms with E-state index in [9.17, 15) is 4.79 Å². The number of nitrogens with zero attached hydrogens (tertiary/aromatic N) is 1. The summed E-state index contributed by atoms with van der Waals surface area (Å²) in [5.41, 5.74) is 4.35. The molecule has 0 aliphatic heterocycles. The second-order valence-electron chi connectivity index (χ2n) is 6.86. The number of ketones is 1. The average Bonchev–Trinajstić information content (AvgIpc) is 2.77. The van der Waals surface area contributed by atoms with Crippen LogP contribution in [0.1, 0.15) is 32.7 Å². The van der Waals surface area contributed by atoms with Crippen molar-refractivity contribution in [3.05, 3.63) is 88.8 Å². The van der Waals surface area contributed by atoms with Gasteiger partial charge in [0.05, 0.1) is 19.9 Å². The first-order chi connectivity index (χ1) is 14.5. The Balaban J connectivity index is 1.73. The smallest absolute Gasteiger partial charge is 0.185 e. The van der Waals surface area contributed by atoms with Gasteiger partial charge in [0, 0.05) is 11.8 Å². The SMILES string of the molecule is COc1ccc(C(=O)/C=C/c2cc(C)c(OCc3ccccn3)c(C)c2)cc1OC. The standard InChI is InChI=1S/C25H25NO4/c1-17-13-19(14-18(2)25(17)30-16-21-7-5-6-12-26-21)8-10-22(27)20-9-11-23(28-3)24(15-20)29-4/h5-15H,16H2,1-4H3/b10-8+. The second-order valence-corrected chi connectivity index (χ2v) is 6.86. The summed E-state index contributed by atoms with van der Waals surface area (Å²) in [5.74, 6) is 1.84. The summed E-state index contributed by atoms with van der Waals surface area (Å²) in [6.45, 7) is 4.40. The van der Waals surface area contributed by atoms with E-state index in [1.807, 2.05) is 50.3 Å². The van der Waals surface area contributed by atoms with Gasteiger partial charge in [0.1, 0.15) is 12.4 Å². The maximum Gasteiger partial charge on any atom is 0.185 e. The molecule has 5 heteroatoms. The predicted molar refractivity (Wildman–Crippen MR) is 117 cm³/mol. The van der Waals surface area contributed by atoms with Crippen LogP contribution in [0.15, 0.2) is 60.8 Å². The predicted octanol–water partition coefficient (Wildman–Crippen LogP) is 5.19. The monoisotopic (exact) mass is 403 g/mol. The molecule has 0 aliphatic rings. The summed E-state index contributed by atoms with van der Waals surface area (Å²) in [6.07, 6.45) is 5.12. The molecule has 0 fully saturated rings. The highest BCUT2D eigenvalue weighted by molar-refractivity contribution is 6.07. The maximum atomic E-state index is 12.6. The van der Waals surface area contributed by atoms with E-state index in [1.54, 1.807) is 44.7 Å². The summed E-state index contributed by atoms with van der Waals surface area (Å²) < 4.78 is 16.5. The number of benzene rings is 2. The number of allylic oxidation sites excluding steroid dienone is 1. The molecule has 3 rings (SSSR count). The van der Waals surface area contributed by atoms with Crippen LogP contribution in [-0.4, -0.2) is 25.0 Å². The fraction of sp³-hybridized carbons (Fsp3) is 0.200. The van der Waals surface area contributed by atoms with Crippen molar-refractivity contribution in [2.75, 3.05) is 14.2 Å². The normalized spacial score (nSPS) is 10.8. The third-order valence-corrected chi connectivity index (χ3v) is 4.67. The average molecular weight is 403 g/mol.